The normalized spacial score (nSPS) is 11.2. The van der Waals surface area contributed by atoms with Gasteiger partial charge in [-0.3, -0.25) is 0 Å². The molecule has 5 nitrogen and oxygen atoms in total. The molecule has 0 rings (SSSR count). The molecule has 2 N–H and O–H groups in total. The molecule has 36 valence electrons. The summed E-state index contributed by atoms with van der Waals surface area (Å²) in [6.07, 6.45) is 0. The standard InChI is InChI=1S/CH5N3O2/c1-2-4(6)3-5/h5H,1H3,(H,2,3). The van der Waals surface area contributed by atoms with Crippen molar-refractivity contribution in [3.8, 4) is 0 Å². The molecule has 0 spiro atoms. The summed E-state index contributed by atoms with van der Waals surface area (Å²) in [4.78, 5) is -0.0694. The third kappa shape index (κ3) is 1.33. The summed E-state index contributed by atoms with van der Waals surface area (Å²) >= 11 is 0. The van der Waals surface area contributed by atoms with Crippen LogP contribution in [0, 0.1) is 5.21 Å². The van der Waals surface area contributed by atoms with Crippen LogP contribution in [0.3, 0.4) is 0 Å². The number of hydrogen-bond acceptors (Lipinski definition) is 2. The lowest BCUT2D eigenvalue weighted by Crippen LogP contribution is -2.15. The van der Waals surface area contributed by atoms with Crippen molar-refractivity contribution in [2.24, 2.45) is 5.28 Å². The van der Waals surface area contributed by atoms with Gasteiger partial charge in [-0.15, -0.1) is 0 Å². The minimum atomic E-state index is -0.0694. The summed E-state index contributed by atoms with van der Waals surface area (Å²) in [6.45, 7) is 0. The second-order valence-corrected chi connectivity index (χ2v) is 0.586. The van der Waals surface area contributed by atoms with Gasteiger partial charge in [-0.2, -0.15) is 5.43 Å². The van der Waals surface area contributed by atoms with Gasteiger partial charge in [-0.1, -0.05) is 0 Å². The topological polar surface area (TPSA) is 70.7 Å². The molecular weight excluding hydrogens is 86.0 g/mol. The van der Waals surface area contributed by atoms with Gasteiger partial charge >= 0.3 is 0 Å². The molecule has 0 bridgehead atoms. The molecule has 0 saturated carbocycles. The second-order valence-electron chi connectivity index (χ2n) is 0.586. The van der Waals surface area contributed by atoms with Gasteiger partial charge in [0, 0.05) is 0 Å². The summed E-state index contributed by atoms with van der Waals surface area (Å²) in [5.74, 6) is 0. The van der Waals surface area contributed by atoms with E-state index in [-0.39, 0.29) is 4.97 Å². The Kier molecular flexibility index (Phi) is 1.88. The van der Waals surface area contributed by atoms with E-state index in [0.717, 1.165) is 0 Å². The number of rotatable bonds is 1. The maximum Gasteiger partial charge on any atom is 0.230 e. The van der Waals surface area contributed by atoms with Gasteiger partial charge in [0.15, 0.2) is 0 Å². The molecule has 5 heteroatoms. The molecule has 0 aliphatic rings. The monoisotopic (exact) mass is 91.0 g/mol. The van der Waals surface area contributed by atoms with E-state index in [1.54, 1.807) is 0 Å². The minimum absolute atomic E-state index is 0.0694. The van der Waals surface area contributed by atoms with Crippen LogP contribution in [0.4, 0.5) is 0 Å². The molecule has 0 fully saturated rings. The van der Waals surface area contributed by atoms with E-state index < -0.39 is 0 Å². The number of nitrogens with zero attached hydrogens (tertiary/aromatic N) is 2. The molecule has 0 amide bonds. The van der Waals surface area contributed by atoms with E-state index >= 15 is 0 Å². The van der Waals surface area contributed by atoms with Crippen molar-refractivity contribution in [2.75, 3.05) is 7.05 Å². The molecular formula is CH5N3O2. The minimum Gasteiger partial charge on any atom is -0.569 e. The van der Waals surface area contributed by atoms with Crippen LogP contribution in [0.2, 0.25) is 0 Å². The third-order valence-electron chi connectivity index (χ3n) is 0.273. The van der Waals surface area contributed by atoms with Crippen molar-refractivity contribution in [3.05, 3.63) is 5.21 Å². The summed E-state index contributed by atoms with van der Waals surface area (Å²) in [5, 5.41) is 19.3. The molecule has 6 heavy (non-hydrogen) atoms. The zero-order valence-electron chi connectivity index (χ0n) is 3.25. The Labute approximate surface area is 34.4 Å². The summed E-state index contributed by atoms with van der Waals surface area (Å²) in [7, 11) is 1.34. The SMILES string of the molecule is CN/[N+]([O-])=N/O. The van der Waals surface area contributed by atoms with Gasteiger partial charge in [0.2, 0.25) is 5.28 Å². The predicted octanol–water partition coefficient (Wildman–Crippen LogP) is -0.528. The molecule has 0 aliphatic heterocycles. The molecule has 0 saturated heterocycles. The van der Waals surface area contributed by atoms with Gasteiger partial charge < -0.3 is 10.4 Å². The van der Waals surface area contributed by atoms with E-state index in [0.29, 0.717) is 0 Å². The van der Waals surface area contributed by atoms with Crippen molar-refractivity contribution in [1.82, 2.24) is 5.43 Å². The summed E-state index contributed by atoms with van der Waals surface area (Å²) < 4.78 is 0. The van der Waals surface area contributed by atoms with Crippen molar-refractivity contribution < 1.29 is 10.2 Å². The largest absolute Gasteiger partial charge is 0.569 e. The molecule has 0 aliphatic carbocycles. The van der Waals surface area contributed by atoms with E-state index in [2.05, 4.69) is 5.28 Å². The lowest BCUT2D eigenvalue weighted by atomic mass is 11.5. The summed E-state index contributed by atoms with van der Waals surface area (Å²) in [5.41, 5.74) is 1.98. The van der Waals surface area contributed by atoms with Crippen LogP contribution >= 0.6 is 0 Å². The van der Waals surface area contributed by atoms with Crippen LogP contribution < -0.4 is 5.43 Å². The Bertz CT molecular complexity index is 59.8. The highest BCUT2D eigenvalue weighted by molar-refractivity contribution is 3.88. The Hall–Kier alpha value is -1.00. The van der Waals surface area contributed by atoms with E-state index in [1.165, 1.54) is 7.05 Å². The molecule has 0 unspecified atom stereocenters. The Morgan fingerprint density at radius 3 is 2.50 bits per heavy atom. The number of hydrazine groups is 1. The van der Waals surface area contributed by atoms with Gasteiger partial charge in [0.05, 0.1) is 12.0 Å². The van der Waals surface area contributed by atoms with E-state index in [1.807, 2.05) is 5.43 Å². The highest BCUT2D eigenvalue weighted by Gasteiger charge is 1.75. The summed E-state index contributed by atoms with van der Waals surface area (Å²) in [6, 6.07) is 0. The molecule has 0 heterocycles. The Morgan fingerprint density at radius 1 is 2.00 bits per heavy atom. The highest BCUT2D eigenvalue weighted by atomic mass is 16.6. The average Bonchev–Trinajstić information content (AvgIpc) is 1.65. The zero-order valence-corrected chi connectivity index (χ0v) is 3.25. The number of nitrogens with one attached hydrogen (secondary N) is 1. The van der Waals surface area contributed by atoms with E-state index in [4.69, 9.17) is 5.21 Å². The maximum atomic E-state index is 9.57. The fourth-order valence-electron chi connectivity index (χ4n) is 0.0447. The quantitative estimate of drug-likeness (QED) is 0.259. The Morgan fingerprint density at radius 2 is 2.50 bits per heavy atom. The second kappa shape index (κ2) is 2.25. The van der Waals surface area contributed by atoms with Crippen LogP contribution in [0.1, 0.15) is 0 Å². The molecule has 0 radical (unpaired) electrons. The molecule has 0 aromatic heterocycles. The zero-order chi connectivity index (χ0) is 4.99. The first-order chi connectivity index (χ1) is 2.81. The van der Waals surface area contributed by atoms with Gasteiger partial charge in [0.1, 0.15) is 0 Å². The van der Waals surface area contributed by atoms with Gasteiger partial charge in [0.25, 0.3) is 0 Å². The molecule has 0 atom stereocenters. The first kappa shape index (κ1) is 5.00. The predicted molar refractivity (Wildman–Crippen MR) is 16.9 cm³/mol. The Balaban J connectivity index is 3.22. The molecule has 0 aromatic rings. The maximum absolute atomic E-state index is 9.57. The van der Waals surface area contributed by atoms with Crippen molar-refractivity contribution in [3.63, 3.8) is 0 Å². The average molecular weight is 91.1 g/mol. The highest BCUT2D eigenvalue weighted by Crippen LogP contribution is 1.54. The fourth-order valence-corrected chi connectivity index (χ4v) is 0.0447. The van der Waals surface area contributed by atoms with Crippen molar-refractivity contribution in [2.45, 2.75) is 0 Å². The van der Waals surface area contributed by atoms with Crippen molar-refractivity contribution >= 4 is 0 Å². The van der Waals surface area contributed by atoms with E-state index in [9.17, 15) is 5.21 Å². The van der Waals surface area contributed by atoms with Crippen LogP contribution in [0.5, 0.6) is 0 Å². The fraction of sp³-hybridized carbons (Fsp3) is 1.00. The van der Waals surface area contributed by atoms with Gasteiger partial charge in [-0.05, 0) is 0 Å². The number of hydrogen-bond donors (Lipinski definition) is 2. The van der Waals surface area contributed by atoms with Crippen LogP contribution in [-0.4, -0.2) is 17.2 Å². The lowest BCUT2D eigenvalue weighted by molar-refractivity contribution is -0.607. The van der Waals surface area contributed by atoms with Crippen LogP contribution in [0.25, 0.3) is 0 Å². The first-order valence-electron chi connectivity index (χ1n) is 1.31. The van der Waals surface area contributed by atoms with Gasteiger partial charge in [-0.25, -0.2) is 0 Å². The van der Waals surface area contributed by atoms with Crippen LogP contribution in [-0.2, 0) is 0 Å². The van der Waals surface area contributed by atoms with Crippen LogP contribution in [0.15, 0.2) is 5.28 Å². The first-order valence-corrected chi connectivity index (χ1v) is 1.31. The smallest absolute Gasteiger partial charge is 0.230 e. The lowest BCUT2D eigenvalue weighted by Gasteiger charge is -1.87. The molecule has 0 aromatic carbocycles. The third-order valence-corrected chi connectivity index (χ3v) is 0.273. The van der Waals surface area contributed by atoms with Crippen molar-refractivity contribution in [1.29, 1.82) is 0 Å².